The molecule has 136 valence electrons. The summed E-state index contributed by atoms with van der Waals surface area (Å²) in [4.78, 5) is 38.3. The molecule has 7 nitrogen and oxygen atoms in total. The second kappa shape index (κ2) is 6.44. The van der Waals surface area contributed by atoms with E-state index >= 15 is 0 Å². The van der Waals surface area contributed by atoms with Crippen LogP contribution in [0, 0.1) is 6.92 Å². The van der Waals surface area contributed by atoms with Crippen LogP contribution in [0.15, 0.2) is 42.0 Å². The molecule has 2 aromatic rings. The number of hydrogen-bond donors (Lipinski definition) is 1. The molecule has 0 spiro atoms. The Labute approximate surface area is 159 Å². The molecule has 1 saturated heterocycles. The molecular weight excluding hydrogens is 372 g/mol. The number of barbiturate groups is 1. The molecule has 2 aliphatic heterocycles. The lowest BCUT2D eigenvalue weighted by atomic mass is 10.1. The maximum atomic E-state index is 12.9. The molecule has 0 radical (unpaired) electrons. The Kier molecular flexibility index (Phi) is 4.08. The zero-order chi connectivity index (χ0) is 19.1. The fourth-order valence-corrected chi connectivity index (χ4v) is 3.07. The summed E-state index contributed by atoms with van der Waals surface area (Å²) in [5.41, 5.74) is 1.43. The number of nitrogens with one attached hydrogen (secondary N) is 1. The molecule has 1 N–H and O–H groups in total. The molecule has 8 heteroatoms. The van der Waals surface area contributed by atoms with Gasteiger partial charge in [-0.3, -0.25) is 14.9 Å². The Morgan fingerprint density at radius 2 is 1.85 bits per heavy atom. The van der Waals surface area contributed by atoms with Crippen molar-refractivity contribution in [3.05, 3.63) is 58.1 Å². The van der Waals surface area contributed by atoms with Gasteiger partial charge < -0.3 is 9.47 Å². The monoisotopic (exact) mass is 384 g/mol. The van der Waals surface area contributed by atoms with Crippen LogP contribution in [0.5, 0.6) is 11.5 Å². The number of carbonyl (C=O) groups excluding carboxylic acids is 3. The highest BCUT2D eigenvalue weighted by molar-refractivity contribution is 6.40. The first-order chi connectivity index (χ1) is 12.9. The molecule has 0 saturated carbocycles. The van der Waals surface area contributed by atoms with Gasteiger partial charge >= 0.3 is 6.03 Å². The lowest BCUT2D eigenvalue weighted by molar-refractivity contribution is -0.122. The third-order valence-electron chi connectivity index (χ3n) is 4.15. The molecule has 0 aliphatic carbocycles. The number of aryl methyl sites for hydroxylation is 1. The smallest absolute Gasteiger partial charge is 0.335 e. The quantitative estimate of drug-likeness (QED) is 0.635. The van der Waals surface area contributed by atoms with Crippen molar-refractivity contribution < 1.29 is 23.9 Å². The Balaban J connectivity index is 1.76. The normalized spacial score (nSPS) is 17.5. The van der Waals surface area contributed by atoms with Crippen molar-refractivity contribution in [3.63, 3.8) is 0 Å². The predicted molar refractivity (Wildman–Crippen MR) is 97.8 cm³/mol. The van der Waals surface area contributed by atoms with Crippen LogP contribution in [0.3, 0.4) is 0 Å². The number of rotatable bonds is 2. The number of fused-ring (bicyclic) bond motifs is 1. The number of carbonyl (C=O) groups is 3. The molecular formula is C19H13ClN2O5. The van der Waals surface area contributed by atoms with E-state index in [2.05, 4.69) is 5.32 Å². The number of halogens is 1. The molecule has 27 heavy (non-hydrogen) atoms. The summed E-state index contributed by atoms with van der Waals surface area (Å²) in [7, 11) is 0. The average molecular weight is 385 g/mol. The maximum Gasteiger partial charge on any atom is 0.335 e. The van der Waals surface area contributed by atoms with E-state index in [4.69, 9.17) is 21.1 Å². The van der Waals surface area contributed by atoms with Gasteiger partial charge in [-0.15, -0.1) is 0 Å². The first kappa shape index (κ1) is 17.1. The van der Waals surface area contributed by atoms with Crippen molar-refractivity contribution in [1.29, 1.82) is 0 Å². The summed E-state index contributed by atoms with van der Waals surface area (Å²) in [6.07, 6.45) is 1.33. The van der Waals surface area contributed by atoms with Crippen molar-refractivity contribution in [3.8, 4) is 11.5 Å². The lowest BCUT2D eigenvalue weighted by Crippen LogP contribution is -2.54. The molecule has 2 aromatic carbocycles. The lowest BCUT2D eigenvalue weighted by Gasteiger charge is -2.26. The second-order valence-corrected chi connectivity index (χ2v) is 6.43. The van der Waals surface area contributed by atoms with Gasteiger partial charge in [0.25, 0.3) is 11.8 Å². The summed E-state index contributed by atoms with van der Waals surface area (Å²) in [5.74, 6) is -0.578. The van der Waals surface area contributed by atoms with Crippen molar-refractivity contribution in [2.75, 3.05) is 11.7 Å². The van der Waals surface area contributed by atoms with Crippen LogP contribution in [0.1, 0.15) is 11.1 Å². The van der Waals surface area contributed by atoms with Crippen LogP contribution in [-0.2, 0) is 9.59 Å². The first-order valence-electron chi connectivity index (χ1n) is 8.01. The van der Waals surface area contributed by atoms with Crippen LogP contribution in [0.4, 0.5) is 10.5 Å². The van der Waals surface area contributed by atoms with Gasteiger partial charge in [0.05, 0.1) is 10.7 Å². The first-order valence-corrected chi connectivity index (χ1v) is 8.39. The Hall–Kier alpha value is -3.32. The van der Waals surface area contributed by atoms with E-state index < -0.39 is 17.8 Å². The number of imide groups is 2. The summed E-state index contributed by atoms with van der Waals surface area (Å²) < 4.78 is 10.5. The van der Waals surface area contributed by atoms with Gasteiger partial charge in [0.2, 0.25) is 6.79 Å². The minimum atomic E-state index is -0.801. The number of hydrogen-bond acceptors (Lipinski definition) is 5. The Morgan fingerprint density at radius 1 is 1.11 bits per heavy atom. The molecule has 2 aliphatic rings. The number of anilines is 1. The summed E-state index contributed by atoms with van der Waals surface area (Å²) in [6, 6.07) is 9.18. The van der Waals surface area contributed by atoms with Crippen LogP contribution in [0.25, 0.3) is 6.08 Å². The van der Waals surface area contributed by atoms with Crippen molar-refractivity contribution in [2.24, 2.45) is 0 Å². The standard InChI is InChI=1S/C19H13ClN2O5/c1-10-3-2-4-12(5-10)22-18(24)13(17(23)21-19(22)25)6-11-7-15-16(8-14(11)20)27-9-26-15/h2-8H,9H2,1H3,(H,21,23,25)/b13-6+. The molecule has 0 aromatic heterocycles. The molecule has 1 fully saturated rings. The van der Waals surface area contributed by atoms with E-state index in [9.17, 15) is 14.4 Å². The molecule has 2 heterocycles. The highest BCUT2D eigenvalue weighted by atomic mass is 35.5. The average Bonchev–Trinajstić information content (AvgIpc) is 3.05. The van der Waals surface area contributed by atoms with Gasteiger partial charge in [0.1, 0.15) is 5.57 Å². The molecule has 4 rings (SSSR count). The highest BCUT2D eigenvalue weighted by Crippen LogP contribution is 2.37. The summed E-state index contributed by atoms with van der Waals surface area (Å²) >= 11 is 6.22. The van der Waals surface area contributed by atoms with E-state index in [0.717, 1.165) is 10.5 Å². The molecule has 0 atom stereocenters. The number of urea groups is 1. The van der Waals surface area contributed by atoms with Crippen molar-refractivity contribution in [2.45, 2.75) is 6.92 Å². The van der Waals surface area contributed by atoms with Crippen molar-refractivity contribution >= 4 is 41.2 Å². The minimum absolute atomic E-state index is 0.0702. The molecule has 4 amide bonds. The second-order valence-electron chi connectivity index (χ2n) is 6.02. The van der Waals surface area contributed by atoms with E-state index in [0.29, 0.717) is 22.7 Å². The van der Waals surface area contributed by atoms with Gasteiger partial charge in [0.15, 0.2) is 11.5 Å². The van der Waals surface area contributed by atoms with Gasteiger partial charge in [-0.05, 0) is 42.3 Å². The number of ether oxygens (including phenoxy) is 2. The Bertz CT molecular complexity index is 1030. The largest absolute Gasteiger partial charge is 0.454 e. The van der Waals surface area contributed by atoms with Gasteiger partial charge in [-0.1, -0.05) is 23.7 Å². The van der Waals surface area contributed by atoms with Crippen LogP contribution >= 0.6 is 11.6 Å². The zero-order valence-electron chi connectivity index (χ0n) is 14.1. The van der Waals surface area contributed by atoms with Crippen molar-refractivity contribution in [1.82, 2.24) is 5.32 Å². The van der Waals surface area contributed by atoms with Crippen LogP contribution < -0.4 is 19.7 Å². The number of benzene rings is 2. The molecule has 0 unspecified atom stereocenters. The van der Waals surface area contributed by atoms with Gasteiger partial charge in [0, 0.05) is 6.07 Å². The third-order valence-corrected chi connectivity index (χ3v) is 4.48. The molecule has 0 bridgehead atoms. The van der Waals surface area contributed by atoms with E-state index in [-0.39, 0.29) is 17.4 Å². The van der Waals surface area contributed by atoms with Gasteiger partial charge in [-0.2, -0.15) is 0 Å². The third kappa shape index (κ3) is 3.02. The summed E-state index contributed by atoms with van der Waals surface area (Å²) in [5, 5.41) is 2.46. The topological polar surface area (TPSA) is 84.9 Å². The predicted octanol–water partition coefficient (Wildman–Crippen LogP) is 3.04. The highest BCUT2D eigenvalue weighted by Gasteiger charge is 2.37. The van der Waals surface area contributed by atoms with E-state index in [1.165, 1.54) is 6.08 Å². The number of nitrogens with zero attached hydrogens (tertiary/aromatic N) is 1. The Morgan fingerprint density at radius 3 is 2.59 bits per heavy atom. The summed E-state index contributed by atoms with van der Waals surface area (Å²) in [6.45, 7) is 1.91. The SMILES string of the molecule is Cc1cccc(N2C(=O)NC(=O)/C(=C\c3cc4c(cc3Cl)OCO4)C2=O)c1. The van der Waals surface area contributed by atoms with Crippen LogP contribution in [0.2, 0.25) is 5.02 Å². The number of amides is 4. The van der Waals surface area contributed by atoms with Gasteiger partial charge in [-0.25, -0.2) is 9.69 Å². The van der Waals surface area contributed by atoms with E-state index in [1.54, 1.807) is 30.3 Å². The van der Waals surface area contributed by atoms with E-state index in [1.807, 2.05) is 13.0 Å². The van der Waals surface area contributed by atoms with Crippen LogP contribution in [-0.4, -0.2) is 24.6 Å². The zero-order valence-corrected chi connectivity index (χ0v) is 14.9. The fraction of sp³-hybridized carbons (Fsp3) is 0.105. The maximum absolute atomic E-state index is 12.9. The minimum Gasteiger partial charge on any atom is -0.454 e. The fourth-order valence-electron chi connectivity index (χ4n) is 2.86.